The van der Waals surface area contributed by atoms with Gasteiger partial charge in [-0.05, 0) is 52.4 Å². The van der Waals surface area contributed by atoms with Gasteiger partial charge < -0.3 is 9.73 Å². The quantitative estimate of drug-likeness (QED) is 0.417. The Bertz CT molecular complexity index is 1110. The number of aromatic nitrogens is 4. The number of halogens is 1. The molecule has 0 bridgehead atoms. The van der Waals surface area contributed by atoms with Gasteiger partial charge in [-0.3, -0.25) is 4.79 Å². The molecule has 0 saturated heterocycles. The van der Waals surface area contributed by atoms with Crippen LogP contribution in [0.15, 0.2) is 76.3 Å². The third kappa shape index (κ3) is 5.28. The lowest BCUT2D eigenvalue weighted by Gasteiger charge is -2.05. The first-order valence-corrected chi connectivity index (χ1v) is 10.6. The van der Waals surface area contributed by atoms with Crippen molar-refractivity contribution in [1.29, 1.82) is 0 Å². The molecule has 0 unspecified atom stereocenters. The monoisotopic (exact) mass is 439 g/mol. The number of rotatable bonds is 8. The summed E-state index contributed by atoms with van der Waals surface area (Å²) >= 11 is 7.20. The Balaban J connectivity index is 1.27. The molecule has 0 aliphatic carbocycles. The summed E-state index contributed by atoms with van der Waals surface area (Å²) < 4.78 is 7.47. The van der Waals surface area contributed by atoms with E-state index in [1.54, 1.807) is 4.68 Å². The van der Waals surface area contributed by atoms with Gasteiger partial charge in [-0.1, -0.05) is 53.7 Å². The number of nitrogens with zero attached hydrogens (tertiary/aromatic N) is 4. The summed E-state index contributed by atoms with van der Waals surface area (Å²) in [5, 5.41) is 15.8. The van der Waals surface area contributed by atoms with Gasteiger partial charge in [-0.25, -0.2) is 4.68 Å². The Hall–Kier alpha value is -3.10. The maximum atomic E-state index is 12.2. The van der Waals surface area contributed by atoms with Crippen molar-refractivity contribution < 1.29 is 9.21 Å². The van der Waals surface area contributed by atoms with Crippen molar-refractivity contribution in [3.63, 3.8) is 0 Å². The molecular formula is C21H18ClN5O2S. The number of tetrazole rings is 1. The first-order chi connectivity index (χ1) is 14.7. The zero-order valence-corrected chi connectivity index (χ0v) is 17.4. The zero-order chi connectivity index (χ0) is 20.8. The van der Waals surface area contributed by atoms with Gasteiger partial charge in [0.2, 0.25) is 11.1 Å². The van der Waals surface area contributed by atoms with E-state index in [2.05, 4.69) is 20.8 Å². The van der Waals surface area contributed by atoms with E-state index in [0.717, 1.165) is 16.9 Å². The van der Waals surface area contributed by atoms with Crippen LogP contribution in [0.25, 0.3) is 11.3 Å². The maximum Gasteiger partial charge on any atom is 0.230 e. The highest BCUT2D eigenvalue weighted by atomic mass is 35.5. The first-order valence-electron chi connectivity index (χ1n) is 9.21. The number of hydrogen-bond donors (Lipinski definition) is 1. The van der Waals surface area contributed by atoms with Gasteiger partial charge in [0.25, 0.3) is 0 Å². The van der Waals surface area contributed by atoms with Gasteiger partial charge in [0.1, 0.15) is 11.5 Å². The van der Waals surface area contributed by atoms with Crippen LogP contribution in [0.2, 0.25) is 5.02 Å². The number of amides is 1. The van der Waals surface area contributed by atoms with E-state index >= 15 is 0 Å². The number of thioether (sulfide) groups is 1. The fourth-order valence-corrected chi connectivity index (χ4v) is 3.60. The molecule has 4 rings (SSSR count). The number of furan rings is 1. The molecule has 0 aliphatic heterocycles. The minimum atomic E-state index is -0.126. The lowest BCUT2D eigenvalue weighted by atomic mass is 10.2. The Morgan fingerprint density at radius 3 is 2.67 bits per heavy atom. The second-order valence-corrected chi connectivity index (χ2v) is 7.82. The first kappa shape index (κ1) is 20.2. The molecule has 0 atom stereocenters. The Labute approximate surface area is 182 Å². The normalized spacial score (nSPS) is 10.8. The van der Waals surface area contributed by atoms with Crippen molar-refractivity contribution in [1.82, 2.24) is 25.5 Å². The largest absolute Gasteiger partial charge is 0.459 e. The topological polar surface area (TPSA) is 85.8 Å². The number of carbonyl (C=O) groups is 1. The number of benzene rings is 2. The number of nitrogens with one attached hydrogen (secondary N) is 1. The summed E-state index contributed by atoms with van der Waals surface area (Å²) in [5.74, 6) is 1.48. The molecule has 0 saturated carbocycles. The third-order valence-electron chi connectivity index (χ3n) is 4.26. The fourth-order valence-electron chi connectivity index (χ4n) is 2.76. The van der Waals surface area contributed by atoms with E-state index < -0.39 is 0 Å². The van der Waals surface area contributed by atoms with E-state index in [9.17, 15) is 4.79 Å². The second kappa shape index (κ2) is 9.60. The Morgan fingerprint density at radius 1 is 1.07 bits per heavy atom. The standard InChI is InChI=1S/C21H18ClN5O2S/c22-17-8-6-16(7-9-17)19-11-10-18(29-19)12-23-20(28)14-30-21-24-25-26-27(21)13-15-4-2-1-3-5-15/h1-11H,12-14H2,(H,23,28). The highest BCUT2D eigenvalue weighted by Gasteiger charge is 2.11. The van der Waals surface area contributed by atoms with E-state index in [1.165, 1.54) is 11.8 Å². The van der Waals surface area contributed by atoms with Crippen LogP contribution in [-0.4, -0.2) is 31.9 Å². The van der Waals surface area contributed by atoms with E-state index in [4.69, 9.17) is 16.0 Å². The smallest absolute Gasteiger partial charge is 0.230 e. The highest BCUT2D eigenvalue weighted by Crippen LogP contribution is 2.24. The molecule has 4 aromatic rings. The van der Waals surface area contributed by atoms with E-state index in [-0.39, 0.29) is 11.7 Å². The van der Waals surface area contributed by atoms with E-state index in [1.807, 2.05) is 66.7 Å². The SMILES string of the molecule is O=C(CSc1nnnn1Cc1ccccc1)NCc1ccc(-c2ccc(Cl)cc2)o1. The van der Waals surface area contributed by atoms with E-state index in [0.29, 0.717) is 29.0 Å². The van der Waals surface area contributed by atoms with Crippen LogP contribution >= 0.6 is 23.4 Å². The molecule has 0 aliphatic rings. The third-order valence-corrected chi connectivity index (χ3v) is 5.47. The molecule has 0 radical (unpaired) electrons. The number of carbonyl (C=O) groups excluding carboxylic acids is 1. The van der Waals surface area contributed by atoms with Crippen molar-refractivity contribution >= 4 is 29.3 Å². The molecule has 2 aromatic carbocycles. The van der Waals surface area contributed by atoms with Crippen LogP contribution in [0, 0.1) is 0 Å². The molecule has 9 heteroatoms. The summed E-state index contributed by atoms with van der Waals surface area (Å²) in [7, 11) is 0. The minimum Gasteiger partial charge on any atom is -0.459 e. The highest BCUT2D eigenvalue weighted by molar-refractivity contribution is 7.99. The predicted molar refractivity (Wildman–Crippen MR) is 115 cm³/mol. The molecule has 2 heterocycles. The Kier molecular flexibility index (Phi) is 6.46. The van der Waals surface area contributed by atoms with Crippen molar-refractivity contribution in [3.05, 3.63) is 83.1 Å². The summed E-state index contributed by atoms with van der Waals surface area (Å²) in [6.07, 6.45) is 0. The van der Waals surface area contributed by atoms with Crippen LogP contribution < -0.4 is 5.32 Å². The predicted octanol–water partition coefficient (Wildman–Crippen LogP) is 4.04. The summed E-state index contributed by atoms with van der Waals surface area (Å²) in [6.45, 7) is 0.861. The number of hydrogen-bond acceptors (Lipinski definition) is 6. The van der Waals surface area contributed by atoms with Gasteiger partial charge >= 0.3 is 0 Å². The lowest BCUT2D eigenvalue weighted by Crippen LogP contribution is -2.24. The minimum absolute atomic E-state index is 0.126. The van der Waals surface area contributed by atoms with Crippen LogP contribution in [0.4, 0.5) is 0 Å². The molecule has 7 nitrogen and oxygen atoms in total. The summed E-state index contributed by atoms with van der Waals surface area (Å²) in [6, 6.07) is 21.0. The van der Waals surface area contributed by atoms with Gasteiger partial charge in [-0.2, -0.15) is 0 Å². The van der Waals surface area contributed by atoms with Crippen LogP contribution in [-0.2, 0) is 17.9 Å². The van der Waals surface area contributed by atoms with Crippen molar-refractivity contribution in [2.24, 2.45) is 0 Å². The summed E-state index contributed by atoms with van der Waals surface area (Å²) in [4.78, 5) is 12.2. The average molecular weight is 440 g/mol. The molecule has 30 heavy (non-hydrogen) atoms. The van der Waals surface area contributed by atoms with Gasteiger partial charge in [-0.15, -0.1) is 5.10 Å². The van der Waals surface area contributed by atoms with Crippen LogP contribution in [0.1, 0.15) is 11.3 Å². The van der Waals surface area contributed by atoms with Crippen LogP contribution in [0.3, 0.4) is 0 Å². The molecule has 0 spiro atoms. The van der Waals surface area contributed by atoms with Crippen molar-refractivity contribution in [2.75, 3.05) is 5.75 Å². The molecule has 1 N–H and O–H groups in total. The average Bonchev–Trinajstić information content (AvgIpc) is 3.42. The van der Waals surface area contributed by atoms with Crippen LogP contribution in [0.5, 0.6) is 0 Å². The van der Waals surface area contributed by atoms with Gasteiger partial charge in [0.15, 0.2) is 0 Å². The second-order valence-electron chi connectivity index (χ2n) is 6.44. The van der Waals surface area contributed by atoms with Crippen molar-refractivity contribution in [3.8, 4) is 11.3 Å². The molecule has 2 aromatic heterocycles. The molecule has 1 amide bonds. The molecular weight excluding hydrogens is 422 g/mol. The summed E-state index contributed by atoms with van der Waals surface area (Å²) in [5.41, 5.74) is 2.02. The van der Waals surface area contributed by atoms with Gasteiger partial charge in [0.05, 0.1) is 18.8 Å². The Morgan fingerprint density at radius 2 is 1.87 bits per heavy atom. The fraction of sp³-hybridized carbons (Fsp3) is 0.143. The molecule has 0 fully saturated rings. The zero-order valence-electron chi connectivity index (χ0n) is 15.9. The van der Waals surface area contributed by atoms with Gasteiger partial charge in [0, 0.05) is 10.6 Å². The maximum absolute atomic E-state index is 12.2. The lowest BCUT2D eigenvalue weighted by molar-refractivity contribution is -0.118. The van der Waals surface area contributed by atoms with Crippen molar-refractivity contribution in [2.45, 2.75) is 18.2 Å². The molecule has 152 valence electrons.